The first-order valence-electron chi connectivity index (χ1n) is 6.25. The number of pyridine rings is 1. The van der Waals surface area contributed by atoms with Crippen LogP contribution in [0.5, 0.6) is 5.88 Å². The second-order valence-corrected chi connectivity index (χ2v) is 4.52. The molecule has 0 bridgehead atoms. The Labute approximate surface area is 120 Å². The molecule has 0 saturated heterocycles. The first kappa shape index (κ1) is 15.3. The minimum absolute atomic E-state index is 0.0457. The fraction of sp³-hybridized carbons (Fsp3) is 0.267. The summed E-state index contributed by atoms with van der Waals surface area (Å²) in [5, 5.41) is 10.1. The molecule has 0 saturated carbocycles. The second kappa shape index (κ2) is 6.13. The fourth-order valence-corrected chi connectivity index (χ4v) is 1.93. The van der Waals surface area contributed by atoms with E-state index in [1.54, 1.807) is 24.3 Å². The Balaban J connectivity index is 2.17. The molecule has 6 heteroatoms. The standard InChI is InChI=1S/C15H14F3NO2/c1-21-14-7-3-6-12(19-14)13(20)9-10-4-2-5-11(8-10)15(16,17)18/h2-8,13,20H,9H2,1H3. The highest BCUT2D eigenvalue weighted by atomic mass is 19.4. The summed E-state index contributed by atoms with van der Waals surface area (Å²) in [5.74, 6) is 0.343. The van der Waals surface area contributed by atoms with E-state index in [4.69, 9.17) is 4.74 Å². The van der Waals surface area contributed by atoms with E-state index in [0.29, 0.717) is 17.1 Å². The van der Waals surface area contributed by atoms with Gasteiger partial charge in [0.1, 0.15) is 6.10 Å². The number of aliphatic hydroxyl groups excluding tert-OH is 1. The predicted molar refractivity (Wildman–Crippen MR) is 70.9 cm³/mol. The predicted octanol–water partition coefficient (Wildman–Crippen LogP) is 3.39. The molecule has 0 fully saturated rings. The first-order chi connectivity index (χ1) is 9.90. The lowest BCUT2D eigenvalue weighted by Crippen LogP contribution is -2.08. The minimum atomic E-state index is -4.39. The number of methoxy groups -OCH3 is 1. The second-order valence-electron chi connectivity index (χ2n) is 4.52. The number of hydrogen-bond acceptors (Lipinski definition) is 3. The van der Waals surface area contributed by atoms with Gasteiger partial charge in [0.25, 0.3) is 0 Å². The van der Waals surface area contributed by atoms with E-state index in [1.807, 2.05) is 0 Å². The molecule has 21 heavy (non-hydrogen) atoms. The smallest absolute Gasteiger partial charge is 0.416 e. The zero-order chi connectivity index (χ0) is 15.5. The van der Waals surface area contributed by atoms with Gasteiger partial charge >= 0.3 is 6.18 Å². The lowest BCUT2D eigenvalue weighted by molar-refractivity contribution is -0.137. The average Bonchev–Trinajstić information content (AvgIpc) is 2.46. The number of ether oxygens (including phenoxy) is 1. The lowest BCUT2D eigenvalue weighted by Gasteiger charge is -2.13. The first-order valence-corrected chi connectivity index (χ1v) is 6.25. The lowest BCUT2D eigenvalue weighted by atomic mass is 10.0. The van der Waals surface area contributed by atoms with Crippen LogP contribution < -0.4 is 4.74 Å². The van der Waals surface area contributed by atoms with Crippen molar-refractivity contribution in [3.05, 3.63) is 59.3 Å². The molecule has 1 atom stereocenters. The molecule has 0 amide bonds. The van der Waals surface area contributed by atoms with Gasteiger partial charge in [0.15, 0.2) is 0 Å². The summed E-state index contributed by atoms with van der Waals surface area (Å²) < 4.78 is 42.9. The van der Waals surface area contributed by atoms with Gasteiger partial charge in [0.05, 0.1) is 18.4 Å². The number of alkyl halides is 3. The number of benzene rings is 1. The van der Waals surface area contributed by atoms with E-state index in [-0.39, 0.29) is 6.42 Å². The molecular formula is C15H14F3NO2. The molecule has 0 aliphatic heterocycles. The molecule has 0 aliphatic rings. The highest BCUT2D eigenvalue weighted by Gasteiger charge is 2.30. The maximum Gasteiger partial charge on any atom is 0.416 e. The van der Waals surface area contributed by atoms with Crippen LogP contribution in [0.15, 0.2) is 42.5 Å². The number of nitrogens with zero attached hydrogens (tertiary/aromatic N) is 1. The van der Waals surface area contributed by atoms with Crippen LogP contribution in [0.25, 0.3) is 0 Å². The van der Waals surface area contributed by atoms with Gasteiger partial charge in [-0.05, 0) is 17.7 Å². The van der Waals surface area contributed by atoms with Crippen molar-refractivity contribution in [2.45, 2.75) is 18.7 Å². The number of hydrogen-bond donors (Lipinski definition) is 1. The SMILES string of the molecule is COc1cccc(C(O)Cc2cccc(C(F)(F)F)c2)n1. The average molecular weight is 297 g/mol. The third kappa shape index (κ3) is 3.95. The Kier molecular flexibility index (Phi) is 4.47. The van der Waals surface area contributed by atoms with Gasteiger partial charge in [-0.1, -0.05) is 24.3 Å². The number of aromatic nitrogens is 1. The maximum absolute atomic E-state index is 12.6. The summed E-state index contributed by atoms with van der Waals surface area (Å²) in [6.07, 6.45) is -5.34. The van der Waals surface area contributed by atoms with Crippen LogP contribution in [0.4, 0.5) is 13.2 Å². The van der Waals surface area contributed by atoms with E-state index in [2.05, 4.69) is 4.98 Å². The van der Waals surface area contributed by atoms with Gasteiger partial charge in [-0.15, -0.1) is 0 Å². The summed E-state index contributed by atoms with van der Waals surface area (Å²) in [7, 11) is 1.45. The normalized spacial score (nSPS) is 13.0. The number of rotatable bonds is 4. The Morgan fingerprint density at radius 1 is 1.19 bits per heavy atom. The molecule has 112 valence electrons. The Morgan fingerprint density at radius 3 is 2.57 bits per heavy atom. The summed E-state index contributed by atoms with van der Waals surface area (Å²) in [4.78, 5) is 4.06. The van der Waals surface area contributed by atoms with Crippen molar-refractivity contribution in [3.8, 4) is 5.88 Å². The highest BCUT2D eigenvalue weighted by molar-refractivity contribution is 5.27. The molecule has 1 aromatic carbocycles. The van der Waals surface area contributed by atoms with Crippen LogP contribution in [-0.2, 0) is 12.6 Å². The van der Waals surface area contributed by atoms with Crippen molar-refractivity contribution in [2.75, 3.05) is 7.11 Å². The molecule has 2 rings (SSSR count). The Bertz CT molecular complexity index is 614. The molecule has 0 spiro atoms. The van der Waals surface area contributed by atoms with Crippen LogP contribution in [0, 0.1) is 0 Å². The summed E-state index contributed by atoms with van der Waals surface area (Å²) >= 11 is 0. The van der Waals surface area contributed by atoms with E-state index in [0.717, 1.165) is 12.1 Å². The third-order valence-corrected chi connectivity index (χ3v) is 2.98. The van der Waals surface area contributed by atoms with Crippen molar-refractivity contribution in [2.24, 2.45) is 0 Å². The van der Waals surface area contributed by atoms with Gasteiger partial charge in [-0.2, -0.15) is 13.2 Å². The molecule has 0 aliphatic carbocycles. The van der Waals surface area contributed by atoms with Crippen LogP contribution in [0.3, 0.4) is 0 Å². The molecule has 1 unspecified atom stereocenters. The topological polar surface area (TPSA) is 42.4 Å². The molecular weight excluding hydrogens is 283 g/mol. The highest BCUT2D eigenvalue weighted by Crippen LogP contribution is 2.30. The van der Waals surface area contributed by atoms with Gasteiger partial charge in [0, 0.05) is 12.5 Å². The minimum Gasteiger partial charge on any atom is -0.481 e. The third-order valence-electron chi connectivity index (χ3n) is 2.98. The summed E-state index contributed by atoms with van der Waals surface area (Å²) in [5.41, 5.74) is 0.0134. The zero-order valence-corrected chi connectivity index (χ0v) is 11.3. The van der Waals surface area contributed by atoms with E-state index >= 15 is 0 Å². The summed E-state index contributed by atoms with van der Waals surface area (Å²) in [6, 6.07) is 9.78. The van der Waals surface area contributed by atoms with E-state index < -0.39 is 17.8 Å². The Morgan fingerprint density at radius 2 is 1.90 bits per heavy atom. The molecule has 0 radical (unpaired) electrons. The molecule has 1 aromatic heterocycles. The Hall–Kier alpha value is -2.08. The van der Waals surface area contributed by atoms with Crippen LogP contribution in [-0.4, -0.2) is 17.2 Å². The van der Waals surface area contributed by atoms with Crippen LogP contribution >= 0.6 is 0 Å². The van der Waals surface area contributed by atoms with Crippen molar-refractivity contribution < 1.29 is 23.0 Å². The van der Waals surface area contributed by atoms with E-state index in [9.17, 15) is 18.3 Å². The molecule has 2 aromatic rings. The molecule has 1 N–H and O–H groups in total. The van der Waals surface area contributed by atoms with E-state index in [1.165, 1.54) is 13.2 Å². The van der Waals surface area contributed by atoms with Gasteiger partial charge in [-0.25, -0.2) is 4.98 Å². The fourth-order valence-electron chi connectivity index (χ4n) is 1.93. The monoisotopic (exact) mass is 297 g/mol. The largest absolute Gasteiger partial charge is 0.481 e. The van der Waals surface area contributed by atoms with Crippen molar-refractivity contribution in [3.63, 3.8) is 0 Å². The number of halogens is 3. The molecule has 1 heterocycles. The summed E-state index contributed by atoms with van der Waals surface area (Å²) in [6.45, 7) is 0. The number of aliphatic hydroxyl groups is 1. The van der Waals surface area contributed by atoms with Gasteiger partial charge < -0.3 is 9.84 Å². The van der Waals surface area contributed by atoms with Crippen molar-refractivity contribution >= 4 is 0 Å². The van der Waals surface area contributed by atoms with Gasteiger partial charge in [0.2, 0.25) is 5.88 Å². The van der Waals surface area contributed by atoms with Crippen LogP contribution in [0.2, 0.25) is 0 Å². The quantitative estimate of drug-likeness (QED) is 0.940. The molecule has 3 nitrogen and oxygen atoms in total. The maximum atomic E-state index is 12.6. The van der Waals surface area contributed by atoms with Crippen molar-refractivity contribution in [1.82, 2.24) is 4.98 Å². The van der Waals surface area contributed by atoms with Crippen molar-refractivity contribution in [1.29, 1.82) is 0 Å². The zero-order valence-electron chi connectivity index (χ0n) is 11.3. The van der Waals surface area contributed by atoms with Gasteiger partial charge in [-0.3, -0.25) is 0 Å². The van der Waals surface area contributed by atoms with Crippen LogP contribution in [0.1, 0.15) is 22.9 Å².